The zero-order valence-corrected chi connectivity index (χ0v) is 9.25. The van der Waals surface area contributed by atoms with Crippen LogP contribution in [-0.4, -0.2) is 25.4 Å². The van der Waals surface area contributed by atoms with E-state index in [2.05, 4.69) is 6.08 Å². The largest absolute Gasteiger partial charge is 0.378 e. The topological polar surface area (TPSA) is 18.5 Å². The molecule has 0 saturated carbocycles. The molecule has 0 fully saturated rings. The third kappa shape index (κ3) is 11.7. The van der Waals surface area contributed by atoms with E-state index in [0.29, 0.717) is 18.8 Å². The standard InChI is InChI=1S/C11H22O2/c1-10(2)12-8-6-5-7-9-13-11(3)4/h5-6,10-11H,7-9H2,1-4H3/b6-5+. The van der Waals surface area contributed by atoms with Crippen molar-refractivity contribution in [3.63, 3.8) is 0 Å². The Morgan fingerprint density at radius 3 is 2.08 bits per heavy atom. The average molecular weight is 186 g/mol. The molecule has 78 valence electrons. The minimum absolute atomic E-state index is 0.316. The summed E-state index contributed by atoms with van der Waals surface area (Å²) in [5, 5.41) is 0. The van der Waals surface area contributed by atoms with Crippen LogP contribution in [0.3, 0.4) is 0 Å². The fourth-order valence-electron chi connectivity index (χ4n) is 0.806. The van der Waals surface area contributed by atoms with Gasteiger partial charge in [0.15, 0.2) is 0 Å². The van der Waals surface area contributed by atoms with Gasteiger partial charge >= 0.3 is 0 Å². The monoisotopic (exact) mass is 186 g/mol. The number of hydrogen-bond acceptors (Lipinski definition) is 2. The van der Waals surface area contributed by atoms with E-state index >= 15 is 0 Å². The number of ether oxygens (including phenoxy) is 2. The number of hydrogen-bond donors (Lipinski definition) is 0. The molecule has 0 radical (unpaired) electrons. The van der Waals surface area contributed by atoms with E-state index in [-0.39, 0.29) is 0 Å². The quantitative estimate of drug-likeness (QED) is 0.449. The molecule has 0 amide bonds. The second kappa shape index (κ2) is 8.27. The zero-order valence-electron chi connectivity index (χ0n) is 9.25. The van der Waals surface area contributed by atoms with Gasteiger partial charge in [-0.2, -0.15) is 0 Å². The van der Waals surface area contributed by atoms with Crippen LogP contribution in [-0.2, 0) is 9.47 Å². The summed E-state index contributed by atoms with van der Waals surface area (Å²) in [6, 6.07) is 0. The molecule has 0 aliphatic carbocycles. The molecular weight excluding hydrogens is 164 g/mol. The molecule has 0 heterocycles. The van der Waals surface area contributed by atoms with Crippen LogP contribution in [0, 0.1) is 0 Å². The smallest absolute Gasteiger partial charge is 0.0650 e. The van der Waals surface area contributed by atoms with Crippen LogP contribution >= 0.6 is 0 Å². The highest BCUT2D eigenvalue weighted by molar-refractivity contribution is 4.81. The van der Waals surface area contributed by atoms with Crippen molar-refractivity contribution in [1.82, 2.24) is 0 Å². The summed E-state index contributed by atoms with van der Waals surface area (Å²) in [6.45, 7) is 9.68. The lowest BCUT2D eigenvalue weighted by Gasteiger charge is -2.05. The fraction of sp³-hybridized carbons (Fsp3) is 0.818. The summed E-state index contributed by atoms with van der Waals surface area (Å²) in [6.07, 6.45) is 5.77. The molecule has 0 N–H and O–H groups in total. The van der Waals surface area contributed by atoms with Crippen molar-refractivity contribution in [2.45, 2.75) is 46.3 Å². The molecule has 13 heavy (non-hydrogen) atoms. The SMILES string of the molecule is CC(C)OC/C=C/CCOC(C)C. The van der Waals surface area contributed by atoms with Crippen LogP contribution in [0.15, 0.2) is 12.2 Å². The average Bonchev–Trinajstić information content (AvgIpc) is 2.01. The van der Waals surface area contributed by atoms with Crippen LogP contribution < -0.4 is 0 Å². The second-order valence-electron chi connectivity index (χ2n) is 3.56. The first-order chi connectivity index (χ1) is 6.13. The van der Waals surface area contributed by atoms with Gasteiger partial charge < -0.3 is 9.47 Å². The molecule has 0 aromatic rings. The minimum Gasteiger partial charge on any atom is -0.378 e. The predicted molar refractivity (Wildman–Crippen MR) is 55.9 cm³/mol. The van der Waals surface area contributed by atoms with E-state index in [4.69, 9.17) is 9.47 Å². The maximum Gasteiger partial charge on any atom is 0.0650 e. The third-order valence-electron chi connectivity index (χ3n) is 1.43. The van der Waals surface area contributed by atoms with Crippen LogP contribution in [0.2, 0.25) is 0 Å². The molecule has 2 nitrogen and oxygen atoms in total. The molecule has 0 spiro atoms. The normalized spacial score (nSPS) is 12.2. The Morgan fingerprint density at radius 1 is 0.923 bits per heavy atom. The minimum atomic E-state index is 0.316. The van der Waals surface area contributed by atoms with E-state index < -0.39 is 0 Å². The molecule has 2 heteroatoms. The van der Waals surface area contributed by atoms with Crippen molar-refractivity contribution in [3.8, 4) is 0 Å². The van der Waals surface area contributed by atoms with Gasteiger partial charge in [-0.15, -0.1) is 0 Å². The van der Waals surface area contributed by atoms with Crippen molar-refractivity contribution < 1.29 is 9.47 Å². The van der Waals surface area contributed by atoms with Crippen LogP contribution in [0.25, 0.3) is 0 Å². The molecule has 0 rings (SSSR count). The van der Waals surface area contributed by atoms with Gasteiger partial charge in [0.2, 0.25) is 0 Å². The van der Waals surface area contributed by atoms with E-state index in [1.54, 1.807) is 0 Å². The Morgan fingerprint density at radius 2 is 1.54 bits per heavy atom. The second-order valence-corrected chi connectivity index (χ2v) is 3.56. The molecule has 0 unspecified atom stereocenters. The number of rotatable bonds is 7. The fourth-order valence-corrected chi connectivity index (χ4v) is 0.806. The van der Waals surface area contributed by atoms with Crippen molar-refractivity contribution in [1.29, 1.82) is 0 Å². The van der Waals surface area contributed by atoms with Gasteiger partial charge in [-0.25, -0.2) is 0 Å². The Bertz CT molecular complexity index is 128. The van der Waals surface area contributed by atoms with Gasteiger partial charge in [0, 0.05) is 0 Å². The van der Waals surface area contributed by atoms with E-state index in [1.807, 2.05) is 33.8 Å². The Hall–Kier alpha value is -0.340. The zero-order chi connectivity index (χ0) is 10.1. The lowest BCUT2D eigenvalue weighted by molar-refractivity contribution is 0.0820. The van der Waals surface area contributed by atoms with Gasteiger partial charge in [0.1, 0.15) is 0 Å². The summed E-state index contributed by atoms with van der Waals surface area (Å²) in [7, 11) is 0. The summed E-state index contributed by atoms with van der Waals surface area (Å²) < 4.78 is 10.7. The van der Waals surface area contributed by atoms with Gasteiger partial charge in [0.05, 0.1) is 25.4 Å². The molecule has 0 atom stereocenters. The molecule has 0 aliphatic rings. The van der Waals surface area contributed by atoms with E-state index in [9.17, 15) is 0 Å². The van der Waals surface area contributed by atoms with E-state index in [0.717, 1.165) is 13.0 Å². The Labute approximate surface area is 81.9 Å². The van der Waals surface area contributed by atoms with Gasteiger partial charge in [-0.3, -0.25) is 0 Å². The van der Waals surface area contributed by atoms with E-state index in [1.165, 1.54) is 0 Å². The first-order valence-corrected chi connectivity index (χ1v) is 5.01. The highest BCUT2D eigenvalue weighted by atomic mass is 16.5. The first kappa shape index (κ1) is 12.7. The summed E-state index contributed by atoms with van der Waals surface area (Å²) >= 11 is 0. The summed E-state index contributed by atoms with van der Waals surface area (Å²) in [5.41, 5.74) is 0. The maximum atomic E-state index is 5.38. The van der Waals surface area contributed by atoms with Crippen molar-refractivity contribution >= 4 is 0 Å². The van der Waals surface area contributed by atoms with Crippen LogP contribution in [0.1, 0.15) is 34.1 Å². The molecule has 0 bridgehead atoms. The molecule has 0 saturated heterocycles. The highest BCUT2D eigenvalue weighted by Crippen LogP contribution is 1.92. The highest BCUT2D eigenvalue weighted by Gasteiger charge is 1.90. The Balaban J connectivity index is 3.13. The Kier molecular flexibility index (Phi) is 8.05. The summed E-state index contributed by atoms with van der Waals surface area (Å²) in [4.78, 5) is 0. The van der Waals surface area contributed by atoms with Crippen LogP contribution in [0.5, 0.6) is 0 Å². The maximum absolute atomic E-state index is 5.38. The van der Waals surface area contributed by atoms with Gasteiger partial charge in [-0.1, -0.05) is 12.2 Å². The van der Waals surface area contributed by atoms with Crippen LogP contribution in [0.4, 0.5) is 0 Å². The van der Waals surface area contributed by atoms with Crippen molar-refractivity contribution in [3.05, 3.63) is 12.2 Å². The first-order valence-electron chi connectivity index (χ1n) is 5.01. The molecule has 0 aromatic carbocycles. The van der Waals surface area contributed by atoms with Crippen molar-refractivity contribution in [2.75, 3.05) is 13.2 Å². The molecular formula is C11H22O2. The lowest BCUT2D eigenvalue weighted by atomic mass is 10.4. The van der Waals surface area contributed by atoms with Gasteiger partial charge in [0.25, 0.3) is 0 Å². The van der Waals surface area contributed by atoms with Gasteiger partial charge in [-0.05, 0) is 34.1 Å². The third-order valence-corrected chi connectivity index (χ3v) is 1.43. The molecule has 0 aromatic heterocycles. The lowest BCUT2D eigenvalue weighted by Crippen LogP contribution is -2.03. The summed E-state index contributed by atoms with van der Waals surface area (Å²) in [5.74, 6) is 0. The molecule has 0 aliphatic heterocycles. The predicted octanol–water partition coefficient (Wildman–Crippen LogP) is 2.78. The van der Waals surface area contributed by atoms with Crippen molar-refractivity contribution in [2.24, 2.45) is 0 Å².